The highest BCUT2D eigenvalue weighted by Gasteiger charge is 2.13. The van der Waals surface area contributed by atoms with Crippen LogP contribution in [-0.2, 0) is 0 Å². The van der Waals surface area contributed by atoms with Crippen LogP contribution in [0.5, 0.6) is 0 Å². The van der Waals surface area contributed by atoms with Crippen molar-refractivity contribution in [1.82, 2.24) is 10.5 Å². The maximum absolute atomic E-state index is 11.5. The van der Waals surface area contributed by atoms with Gasteiger partial charge in [-0.05, 0) is 37.6 Å². The van der Waals surface area contributed by atoms with Gasteiger partial charge in [0.15, 0.2) is 0 Å². The summed E-state index contributed by atoms with van der Waals surface area (Å²) in [4.78, 5) is 15.9. The number of carbonyl (C=O) groups is 1. The number of aryl methyl sites for hydroxylation is 2. The lowest BCUT2D eigenvalue weighted by atomic mass is 10.0. The molecule has 0 aliphatic carbocycles. The highest BCUT2D eigenvalue weighted by molar-refractivity contribution is 6.32. The quantitative estimate of drug-likeness (QED) is 0.604. The Morgan fingerprint density at radius 1 is 1.35 bits per heavy atom. The maximum Gasteiger partial charge on any atom is 0.276 e. The van der Waals surface area contributed by atoms with Crippen LogP contribution in [0.1, 0.15) is 21.6 Å². The van der Waals surface area contributed by atoms with E-state index in [9.17, 15) is 4.79 Å². The number of benzene rings is 1. The van der Waals surface area contributed by atoms with E-state index in [0.717, 1.165) is 16.6 Å². The van der Waals surface area contributed by atoms with Gasteiger partial charge in [-0.3, -0.25) is 15.0 Å². The summed E-state index contributed by atoms with van der Waals surface area (Å²) in [7, 11) is 0. The van der Waals surface area contributed by atoms with Crippen molar-refractivity contribution < 1.29 is 10.0 Å². The van der Waals surface area contributed by atoms with Crippen molar-refractivity contribution in [3.63, 3.8) is 0 Å². The zero-order valence-corrected chi connectivity index (χ0v) is 10.2. The van der Waals surface area contributed by atoms with Gasteiger partial charge in [0, 0.05) is 16.1 Å². The Hall–Kier alpha value is -1.65. The second-order valence-corrected chi connectivity index (χ2v) is 4.31. The highest BCUT2D eigenvalue weighted by Crippen LogP contribution is 2.25. The molecule has 5 heteroatoms. The number of hydroxylamine groups is 1. The van der Waals surface area contributed by atoms with E-state index < -0.39 is 5.91 Å². The molecule has 1 aromatic heterocycles. The van der Waals surface area contributed by atoms with Crippen LogP contribution in [0, 0.1) is 13.8 Å². The molecular formula is C12H11ClN2O2. The van der Waals surface area contributed by atoms with Gasteiger partial charge >= 0.3 is 0 Å². The smallest absolute Gasteiger partial charge is 0.276 e. The fourth-order valence-corrected chi connectivity index (χ4v) is 2.07. The predicted octanol–water partition coefficient (Wildman–Crippen LogP) is 2.62. The van der Waals surface area contributed by atoms with Crippen LogP contribution < -0.4 is 5.48 Å². The molecule has 17 heavy (non-hydrogen) atoms. The topological polar surface area (TPSA) is 62.2 Å². The van der Waals surface area contributed by atoms with Gasteiger partial charge in [0.25, 0.3) is 5.91 Å². The molecule has 0 bridgehead atoms. The Kier molecular flexibility index (Phi) is 3.00. The number of halogens is 1. The lowest BCUT2D eigenvalue weighted by Crippen LogP contribution is -2.19. The van der Waals surface area contributed by atoms with Crippen molar-refractivity contribution in [1.29, 1.82) is 0 Å². The highest BCUT2D eigenvalue weighted by atomic mass is 35.5. The van der Waals surface area contributed by atoms with Crippen molar-refractivity contribution >= 4 is 28.4 Å². The Morgan fingerprint density at radius 3 is 2.71 bits per heavy atom. The van der Waals surface area contributed by atoms with Gasteiger partial charge in [0.1, 0.15) is 0 Å². The summed E-state index contributed by atoms with van der Waals surface area (Å²) in [5, 5.41) is 9.95. The summed E-state index contributed by atoms with van der Waals surface area (Å²) < 4.78 is 0. The minimum Gasteiger partial charge on any atom is -0.288 e. The number of nitrogens with one attached hydrogen (secondary N) is 1. The van der Waals surface area contributed by atoms with E-state index in [-0.39, 0.29) is 5.56 Å². The summed E-state index contributed by atoms with van der Waals surface area (Å²) in [5.74, 6) is -0.616. The van der Waals surface area contributed by atoms with Crippen molar-refractivity contribution in [2.45, 2.75) is 13.8 Å². The number of amides is 1. The first kappa shape index (κ1) is 11.8. The number of aromatic nitrogens is 1. The number of pyridine rings is 1. The molecule has 0 unspecified atom stereocenters. The van der Waals surface area contributed by atoms with Gasteiger partial charge in [0.05, 0.1) is 11.1 Å². The fraction of sp³-hybridized carbons (Fsp3) is 0.167. The summed E-state index contributed by atoms with van der Waals surface area (Å²) in [6.45, 7) is 3.77. The molecule has 1 heterocycles. The van der Waals surface area contributed by atoms with E-state index in [4.69, 9.17) is 16.8 Å². The lowest BCUT2D eigenvalue weighted by molar-refractivity contribution is 0.0708. The second-order valence-electron chi connectivity index (χ2n) is 3.87. The first-order valence-corrected chi connectivity index (χ1v) is 5.42. The molecule has 4 nitrogen and oxygen atoms in total. The van der Waals surface area contributed by atoms with Gasteiger partial charge in [-0.25, -0.2) is 5.48 Å². The van der Waals surface area contributed by atoms with Crippen molar-refractivity contribution in [2.75, 3.05) is 0 Å². The van der Waals surface area contributed by atoms with Crippen LogP contribution in [0.3, 0.4) is 0 Å². The molecule has 0 spiro atoms. The Labute approximate surface area is 103 Å². The van der Waals surface area contributed by atoms with Crippen molar-refractivity contribution in [2.24, 2.45) is 0 Å². The molecule has 88 valence electrons. The molecule has 1 aromatic carbocycles. The second kappa shape index (κ2) is 4.31. The molecule has 0 fully saturated rings. The van der Waals surface area contributed by atoms with Crippen molar-refractivity contribution in [3.05, 3.63) is 40.0 Å². The van der Waals surface area contributed by atoms with Gasteiger partial charge < -0.3 is 0 Å². The molecule has 2 N–H and O–H groups in total. The molecule has 0 saturated carbocycles. The van der Waals surface area contributed by atoms with Crippen LogP contribution >= 0.6 is 11.6 Å². The molecule has 2 rings (SSSR count). The normalized spacial score (nSPS) is 10.6. The Balaban J connectivity index is 2.87. The molecule has 0 atom stereocenters. The standard InChI is InChI=1S/C12H11ClN2O2/c1-6-3-7(2)14-11-9(6)4-8(13)5-10(11)12(16)15-17/h3-5,17H,1-2H3,(H,15,16). The zero-order valence-electron chi connectivity index (χ0n) is 9.41. The summed E-state index contributed by atoms with van der Waals surface area (Å²) in [6, 6.07) is 5.16. The minimum absolute atomic E-state index is 0.266. The van der Waals surface area contributed by atoms with E-state index in [0.29, 0.717) is 10.5 Å². The zero-order chi connectivity index (χ0) is 12.6. The minimum atomic E-state index is -0.616. The summed E-state index contributed by atoms with van der Waals surface area (Å²) in [5.41, 5.74) is 4.21. The molecule has 0 saturated heterocycles. The molecule has 1 amide bonds. The predicted molar refractivity (Wildman–Crippen MR) is 65.5 cm³/mol. The van der Waals surface area contributed by atoms with Crippen LogP contribution in [0.25, 0.3) is 10.9 Å². The van der Waals surface area contributed by atoms with E-state index in [1.807, 2.05) is 19.9 Å². The molecule has 0 aliphatic rings. The Morgan fingerprint density at radius 2 is 2.06 bits per heavy atom. The molecule has 2 aromatic rings. The van der Waals surface area contributed by atoms with Crippen LogP contribution in [0.4, 0.5) is 0 Å². The van der Waals surface area contributed by atoms with Gasteiger partial charge in [0.2, 0.25) is 0 Å². The number of hydrogen-bond acceptors (Lipinski definition) is 3. The average molecular weight is 251 g/mol. The SMILES string of the molecule is Cc1cc(C)c2cc(Cl)cc(C(=O)NO)c2n1. The van der Waals surface area contributed by atoms with Crippen molar-refractivity contribution in [3.8, 4) is 0 Å². The van der Waals surface area contributed by atoms with Gasteiger partial charge in [-0.2, -0.15) is 0 Å². The summed E-state index contributed by atoms with van der Waals surface area (Å²) >= 11 is 5.95. The number of nitrogens with zero attached hydrogens (tertiary/aromatic N) is 1. The summed E-state index contributed by atoms with van der Waals surface area (Å²) in [6.07, 6.45) is 0. The van der Waals surface area contributed by atoms with Gasteiger partial charge in [-0.15, -0.1) is 0 Å². The number of fused-ring (bicyclic) bond motifs is 1. The van der Waals surface area contributed by atoms with Crippen LogP contribution in [0.2, 0.25) is 5.02 Å². The first-order valence-electron chi connectivity index (χ1n) is 5.05. The van der Waals surface area contributed by atoms with E-state index >= 15 is 0 Å². The third-order valence-corrected chi connectivity index (χ3v) is 2.78. The van der Waals surface area contributed by atoms with Crippen LogP contribution in [-0.4, -0.2) is 16.1 Å². The number of hydrogen-bond donors (Lipinski definition) is 2. The van der Waals surface area contributed by atoms with Crippen LogP contribution in [0.15, 0.2) is 18.2 Å². The molecule has 0 aliphatic heterocycles. The Bertz CT molecular complexity index is 611. The monoisotopic (exact) mass is 250 g/mol. The molecule has 0 radical (unpaired) electrons. The first-order chi connectivity index (χ1) is 8.02. The molecular weight excluding hydrogens is 240 g/mol. The fourth-order valence-electron chi connectivity index (χ4n) is 1.85. The van der Waals surface area contributed by atoms with E-state index in [1.54, 1.807) is 11.5 Å². The number of carbonyl (C=O) groups excluding carboxylic acids is 1. The average Bonchev–Trinajstić information content (AvgIpc) is 2.28. The van der Waals surface area contributed by atoms with Gasteiger partial charge in [-0.1, -0.05) is 11.6 Å². The third-order valence-electron chi connectivity index (χ3n) is 2.56. The largest absolute Gasteiger partial charge is 0.288 e. The third kappa shape index (κ3) is 2.09. The lowest BCUT2D eigenvalue weighted by Gasteiger charge is -2.08. The number of rotatable bonds is 1. The van der Waals surface area contributed by atoms with E-state index in [1.165, 1.54) is 6.07 Å². The maximum atomic E-state index is 11.5. The van der Waals surface area contributed by atoms with E-state index in [2.05, 4.69) is 4.98 Å².